The number of methoxy groups -OCH3 is 1. The minimum Gasteiger partial charge on any atom is -0.469 e. The van der Waals surface area contributed by atoms with E-state index in [1.807, 2.05) is 11.6 Å². The third-order valence-electron chi connectivity index (χ3n) is 6.65. The van der Waals surface area contributed by atoms with Gasteiger partial charge in [-0.2, -0.15) is 5.10 Å². The lowest BCUT2D eigenvalue weighted by molar-refractivity contribution is -0.148. The molecule has 0 radical (unpaired) electrons. The van der Waals surface area contributed by atoms with Gasteiger partial charge in [-0.1, -0.05) is 12.8 Å². The number of carbonyl (C=O) groups is 2. The summed E-state index contributed by atoms with van der Waals surface area (Å²) in [5, 5.41) is 7.62. The van der Waals surface area contributed by atoms with E-state index in [1.165, 1.54) is 20.0 Å². The Hall–Kier alpha value is -1.85. The first kappa shape index (κ1) is 16.6. The summed E-state index contributed by atoms with van der Waals surface area (Å²) in [7, 11) is 1.43. The normalized spacial score (nSPS) is 31.4. The van der Waals surface area contributed by atoms with Crippen molar-refractivity contribution in [3.05, 3.63) is 17.5 Å². The smallest absolute Gasteiger partial charge is 0.311 e. The molecule has 1 N–H and O–H groups in total. The van der Waals surface area contributed by atoms with Crippen molar-refractivity contribution in [3.8, 4) is 0 Å². The largest absolute Gasteiger partial charge is 0.469 e. The fourth-order valence-corrected chi connectivity index (χ4v) is 5.37. The van der Waals surface area contributed by atoms with Gasteiger partial charge in [0.2, 0.25) is 0 Å². The van der Waals surface area contributed by atoms with Crippen molar-refractivity contribution in [2.45, 2.75) is 64.0 Å². The van der Waals surface area contributed by atoms with Gasteiger partial charge in [-0.25, -0.2) is 0 Å². The van der Waals surface area contributed by atoms with E-state index in [-0.39, 0.29) is 23.8 Å². The first-order valence-corrected chi connectivity index (χ1v) is 9.53. The van der Waals surface area contributed by atoms with Crippen molar-refractivity contribution in [2.24, 2.45) is 17.8 Å². The van der Waals surface area contributed by atoms with E-state index < -0.39 is 0 Å². The molecule has 3 aliphatic carbocycles. The summed E-state index contributed by atoms with van der Waals surface area (Å²) in [4.78, 5) is 25.1. The molecule has 0 aliphatic heterocycles. The number of fused-ring (bicyclic) bond motifs is 2. The molecule has 6 nitrogen and oxygen atoms in total. The maximum atomic E-state index is 12.9. The summed E-state index contributed by atoms with van der Waals surface area (Å²) in [5.74, 6) is 0.259. The molecule has 25 heavy (non-hydrogen) atoms. The Kier molecular flexibility index (Phi) is 4.29. The molecule has 1 aromatic heterocycles. The molecular formula is C19H27N3O3. The monoisotopic (exact) mass is 345 g/mol. The molecule has 3 saturated carbocycles. The molecule has 1 aromatic rings. The molecule has 0 saturated heterocycles. The Bertz CT molecular complexity index is 677. The van der Waals surface area contributed by atoms with E-state index in [0.29, 0.717) is 23.4 Å². The Morgan fingerprint density at radius 2 is 1.92 bits per heavy atom. The zero-order chi connectivity index (χ0) is 17.6. The number of aromatic nitrogens is 2. The summed E-state index contributed by atoms with van der Waals surface area (Å²) < 4.78 is 7.01. The number of rotatable bonds is 4. The Labute approximate surface area is 148 Å². The van der Waals surface area contributed by atoms with Crippen molar-refractivity contribution in [1.82, 2.24) is 15.1 Å². The number of nitrogens with one attached hydrogen (secondary N) is 1. The van der Waals surface area contributed by atoms with Crippen LogP contribution >= 0.6 is 0 Å². The molecule has 3 aliphatic rings. The van der Waals surface area contributed by atoms with Crippen molar-refractivity contribution in [3.63, 3.8) is 0 Å². The van der Waals surface area contributed by atoms with E-state index in [0.717, 1.165) is 37.8 Å². The van der Waals surface area contributed by atoms with Crippen LogP contribution < -0.4 is 5.32 Å². The van der Waals surface area contributed by atoms with E-state index in [9.17, 15) is 9.59 Å². The minimum absolute atomic E-state index is 0.104. The lowest BCUT2D eigenvalue weighted by atomic mass is 9.84. The molecule has 0 unspecified atom stereocenters. The predicted molar refractivity (Wildman–Crippen MR) is 92.1 cm³/mol. The molecule has 3 fully saturated rings. The highest BCUT2D eigenvalue weighted by atomic mass is 16.5. The second-order valence-electron chi connectivity index (χ2n) is 7.91. The Morgan fingerprint density at radius 1 is 1.20 bits per heavy atom. The van der Waals surface area contributed by atoms with Gasteiger partial charge in [0.1, 0.15) is 0 Å². The standard InChI is InChI=1S/C19H27N3O3/c1-11-15(10-20-22(11)14-5-3-4-6-14)18(23)21-17-13-8-7-12(9-13)16(17)19(24)25-2/h10,12-14,16-17H,3-9H2,1-2H3,(H,21,23)/t12-,13-,16-,17-/m0/s1. The zero-order valence-corrected chi connectivity index (χ0v) is 15.0. The fourth-order valence-electron chi connectivity index (χ4n) is 5.37. The zero-order valence-electron chi connectivity index (χ0n) is 15.0. The van der Waals surface area contributed by atoms with Gasteiger partial charge in [0.25, 0.3) is 5.91 Å². The molecule has 2 bridgehead atoms. The van der Waals surface area contributed by atoms with Crippen LogP contribution in [0.1, 0.15) is 67.0 Å². The van der Waals surface area contributed by atoms with Crippen molar-refractivity contribution in [1.29, 1.82) is 0 Å². The average molecular weight is 345 g/mol. The van der Waals surface area contributed by atoms with Crippen LogP contribution in [0.5, 0.6) is 0 Å². The van der Waals surface area contributed by atoms with Crippen LogP contribution in [0.2, 0.25) is 0 Å². The predicted octanol–water partition coefficient (Wildman–Crippen LogP) is 2.62. The van der Waals surface area contributed by atoms with Gasteiger partial charge in [0.05, 0.1) is 30.8 Å². The van der Waals surface area contributed by atoms with Gasteiger partial charge in [-0.05, 0) is 50.9 Å². The van der Waals surface area contributed by atoms with Crippen molar-refractivity contribution in [2.75, 3.05) is 7.11 Å². The van der Waals surface area contributed by atoms with Gasteiger partial charge >= 0.3 is 5.97 Å². The van der Waals surface area contributed by atoms with Crippen LogP contribution in [-0.4, -0.2) is 34.8 Å². The number of amides is 1. The molecule has 136 valence electrons. The van der Waals surface area contributed by atoms with E-state index in [4.69, 9.17) is 4.74 Å². The van der Waals surface area contributed by atoms with Gasteiger partial charge in [-0.3, -0.25) is 14.3 Å². The number of hydrogen-bond acceptors (Lipinski definition) is 4. The van der Waals surface area contributed by atoms with Crippen LogP contribution in [0, 0.1) is 24.7 Å². The maximum absolute atomic E-state index is 12.9. The lowest BCUT2D eigenvalue weighted by Gasteiger charge is -2.29. The molecule has 1 amide bonds. The van der Waals surface area contributed by atoms with Gasteiger partial charge < -0.3 is 10.1 Å². The molecule has 0 spiro atoms. The van der Waals surface area contributed by atoms with Gasteiger partial charge in [0.15, 0.2) is 0 Å². The molecule has 0 aromatic carbocycles. The number of ether oxygens (including phenoxy) is 1. The molecule has 4 rings (SSSR count). The minimum atomic E-state index is -0.196. The summed E-state index contributed by atoms with van der Waals surface area (Å²) in [6.07, 6.45) is 9.60. The highest BCUT2D eigenvalue weighted by Crippen LogP contribution is 2.49. The lowest BCUT2D eigenvalue weighted by Crippen LogP contribution is -2.47. The highest BCUT2D eigenvalue weighted by molar-refractivity contribution is 5.95. The molecule has 6 heteroatoms. The number of nitrogens with zero attached hydrogens (tertiary/aromatic N) is 2. The summed E-state index contributed by atoms with van der Waals surface area (Å²) in [6.45, 7) is 1.97. The topological polar surface area (TPSA) is 73.2 Å². The molecule has 1 heterocycles. The quantitative estimate of drug-likeness (QED) is 0.852. The SMILES string of the molecule is COC(=O)[C@H]1[C@H]2CC[C@@H](C2)[C@@H]1NC(=O)c1cnn(C2CCCC2)c1C. The maximum Gasteiger partial charge on any atom is 0.311 e. The first-order valence-electron chi connectivity index (χ1n) is 9.53. The second kappa shape index (κ2) is 6.46. The van der Waals surface area contributed by atoms with Crippen LogP contribution in [-0.2, 0) is 9.53 Å². The van der Waals surface area contributed by atoms with Crippen LogP contribution in [0.15, 0.2) is 6.20 Å². The van der Waals surface area contributed by atoms with Crippen LogP contribution in [0.4, 0.5) is 0 Å². The molecular weight excluding hydrogens is 318 g/mol. The van der Waals surface area contributed by atoms with Crippen molar-refractivity contribution >= 4 is 11.9 Å². The number of carbonyl (C=O) groups excluding carboxylic acids is 2. The van der Waals surface area contributed by atoms with Crippen LogP contribution in [0.3, 0.4) is 0 Å². The average Bonchev–Trinajstić information content (AvgIpc) is 3.37. The van der Waals surface area contributed by atoms with E-state index >= 15 is 0 Å². The summed E-state index contributed by atoms with van der Waals surface area (Å²) in [6, 6.07) is 0.319. The number of hydrogen-bond donors (Lipinski definition) is 1. The summed E-state index contributed by atoms with van der Waals surface area (Å²) >= 11 is 0. The highest BCUT2D eigenvalue weighted by Gasteiger charge is 2.52. The first-order chi connectivity index (χ1) is 12.1. The third-order valence-corrected chi connectivity index (χ3v) is 6.65. The summed E-state index contributed by atoms with van der Waals surface area (Å²) in [5.41, 5.74) is 1.57. The molecule has 4 atom stereocenters. The third kappa shape index (κ3) is 2.75. The second-order valence-corrected chi connectivity index (χ2v) is 7.91. The van der Waals surface area contributed by atoms with E-state index in [1.54, 1.807) is 6.20 Å². The van der Waals surface area contributed by atoms with E-state index in [2.05, 4.69) is 10.4 Å². The fraction of sp³-hybridized carbons (Fsp3) is 0.737. The van der Waals surface area contributed by atoms with Crippen LogP contribution in [0.25, 0.3) is 0 Å². The Balaban J connectivity index is 1.51. The number of esters is 1. The van der Waals surface area contributed by atoms with Gasteiger partial charge in [-0.15, -0.1) is 0 Å². The Morgan fingerprint density at radius 3 is 2.64 bits per heavy atom. The van der Waals surface area contributed by atoms with Gasteiger partial charge in [0, 0.05) is 11.7 Å². The van der Waals surface area contributed by atoms with Crippen molar-refractivity contribution < 1.29 is 14.3 Å².